The summed E-state index contributed by atoms with van der Waals surface area (Å²) in [7, 11) is 0. The van der Waals surface area contributed by atoms with E-state index >= 15 is 0 Å². The van der Waals surface area contributed by atoms with Gasteiger partial charge in [-0.2, -0.15) is 0 Å². The van der Waals surface area contributed by atoms with Crippen molar-refractivity contribution < 1.29 is 14.3 Å². The third-order valence-electron chi connectivity index (χ3n) is 5.70. The molecule has 3 aromatic rings. The molecule has 5 rings (SSSR count). The van der Waals surface area contributed by atoms with E-state index in [-0.39, 0.29) is 12.0 Å². The van der Waals surface area contributed by atoms with Crippen molar-refractivity contribution in [2.75, 3.05) is 26.3 Å². The van der Waals surface area contributed by atoms with Crippen molar-refractivity contribution in [1.82, 2.24) is 14.5 Å². The molecule has 4 heterocycles. The van der Waals surface area contributed by atoms with Crippen molar-refractivity contribution in [2.24, 2.45) is 0 Å². The lowest BCUT2D eigenvalue weighted by atomic mass is 10.1. The molecule has 1 atom stereocenters. The number of rotatable bonds is 4. The van der Waals surface area contributed by atoms with Gasteiger partial charge in [-0.1, -0.05) is 6.07 Å². The van der Waals surface area contributed by atoms with Gasteiger partial charge in [0.05, 0.1) is 23.7 Å². The predicted molar refractivity (Wildman–Crippen MR) is 108 cm³/mol. The van der Waals surface area contributed by atoms with Gasteiger partial charge in [-0.3, -0.25) is 4.79 Å². The summed E-state index contributed by atoms with van der Waals surface area (Å²) in [6.45, 7) is 3.02. The minimum atomic E-state index is 0.0256. The van der Waals surface area contributed by atoms with Crippen LogP contribution in [0.4, 0.5) is 0 Å². The number of benzene rings is 1. The Kier molecular flexibility index (Phi) is 4.78. The molecule has 1 unspecified atom stereocenters. The molecule has 0 aliphatic carbocycles. The zero-order chi connectivity index (χ0) is 18.9. The second-order valence-electron chi connectivity index (χ2n) is 7.41. The average Bonchev–Trinajstić information content (AvgIpc) is 3.49. The van der Waals surface area contributed by atoms with Crippen molar-refractivity contribution in [3.05, 3.63) is 47.0 Å². The molecule has 28 heavy (non-hydrogen) atoms. The average molecular weight is 398 g/mol. The summed E-state index contributed by atoms with van der Waals surface area (Å²) in [6, 6.07) is 8.81. The highest BCUT2D eigenvalue weighted by molar-refractivity contribution is 7.07. The molecule has 146 valence electrons. The number of carbonyl (C=O) groups is 1. The fourth-order valence-electron chi connectivity index (χ4n) is 4.16. The molecule has 6 nitrogen and oxygen atoms in total. The van der Waals surface area contributed by atoms with E-state index in [1.807, 2.05) is 16.3 Å². The SMILES string of the molecule is O=C(c1cscn1)N1CCC(Oc2cccc3c2ccn3C2CCOC2)CC1. The zero-order valence-corrected chi connectivity index (χ0v) is 16.4. The fourth-order valence-corrected chi connectivity index (χ4v) is 4.69. The Morgan fingerprint density at radius 2 is 2.11 bits per heavy atom. The zero-order valence-electron chi connectivity index (χ0n) is 15.6. The summed E-state index contributed by atoms with van der Waals surface area (Å²) in [6.07, 6.45) is 5.00. The summed E-state index contributed by atoms with van der Waals surface area (Å²) in [4.78, 5) is 18.5. The molecule has 0 spiro atoms. The van der Waals surface area contributed by atoms with Crippen LogP contribution < -0.4 is 4.74 Å². The largest absolute Gasteiger partial charge is 0.490 e. The van der Waals surface area contributed by atoms with Gasteiger partial charge in [-0.25, -0.2) is 4.98 Å². The van der Waals surface area contributed by atoms with Crippen LogP contribution in [0.5, 0.6) is 5.75 Å². The number of amides is 1. The van der Waals surface area contributed by atoms with Crippen LogP contribution in [0.1, 0.15) is 35.8 Å². The van der Waals surface area contributed by atoms with Crippen molar-refractivity contribution in [3.63, 3.8) is 0 Å². The minimum absolute atomic E-state index is 0.0256. The van der Waals surface area contributed by atoms with E-state index in [0.29, 0.717) is 24.8 Å². The molecular formula is C21H23N3O3S. The Bertz CT molecular complexity index is 955. The van der Waals surface area contributed by atoms with E-state index < -0.39 is 0 Å². The molecule has 0 bridgehead atoms. The topological polar surface area (TPSA) is 56.6 Å². The molecular weight excluding hydrogens is 374 g/mol. The lowest BCUT2D eigenvalue weighted by molar-refractivity contribution is 0.0593. The molecule has 2 aromatic heterocycles. The fraction of sp³-hybridized carbons (Fsp3) is 0.429. The maximum Gasteiger partial charge on any atom is 0.273 e. The molecule has 2 saturated heterocycles. The van der Waals surface area contributed by atoms with Gasteiger partial charge in [0.1, 0.15) is 17.5 Å². The Morgan fingerprint density at radius 1 is 1.21 bits per heavy atom. The van der Waals surface area contributed by atoms with Gasteiger partial charge in [-0.15, -0.1) is 11.3 Å². The first-order valence-corrected chi connectivity index (χ1v) is 10.8. The Labute approximate surface area is 167 Å². The number of ether oxygens (including phenoxy) is 2. The minimum Gasteiger partial charge on any atom is -0.490 e. The van der Waals surface area contributed by atoms with Crippen LogP contribution in [-0.4, -0.2) is 52.8 Å². The first kappa shape index (κ1) is 17.7. The number of aromatic nitrogens is 2. The Morgan fingerprint density at radius 3 is 2.86 bits per heavy atom. The lowest BCUT2D eigenvalue weighted by Crippen LogP contribution is -2.41. The van der Waals surface area contributed by atoms with E-state index in [1.165, 1.54) is 16.9 Å². The van der Waals surface area contributed by atoms with Crippen LogP contribution in [0.3, 0.4) is 0 Å². The van der Waals surface area contributed by atoms with Crippen LogP contribution >= 0.6 is 11.3 Å². The third-order valence-corrected chi connectivity index (χ3v) is 6.28. The number of piperidine rings is 1. The van der Waals surface area contributed by atoms with Gasteiger partial charge in [0, 0.05) is 49.5 Å². The number of nitrogens with zero attached hydrogens (tertiary/aromatic N) is 3. The molecule has 0 radical (unpaired) electrons. The number of fused-ring (bicyclic) bond motifs is 1. The first-order chi connectivity index (χ1) is 13.8. The van der Waals surface area contributed by atoms with E-state index in [1.54, 1.807) is 5.51 Å². The smallest absolute Gasteiger partial charge is 0.273 e. The molecule has 0 N–H and O–H groups in total. The normalized spacial score (nSPS) is 20.7. The summed E-state index contributed by atoms with van der Waals surface area (Å²) >= 11 is 1.45. The molecule has 0 saturated carbocycles. The van der Waals surface area contributed by atoms with Crippen LogP contribution in [0, 0.1) is 0 Å². The molecule has 7 heteroatoms. The van der Waals surface area contributed by atoms with Crippen molar-refractivity contribution in [2.45, 2.75) is 31.4 Å². The molecule has 2 aliphatic rings. The first-order valence-electron chi connectivity index (χ1n) is 9.81. The van der Waals surface area contributed by atoms with Gasteiger partial charge in [0.25, 0.3) is 5.91 Å². The van der Waals surface area contributed by atoms with Crippen molar-refractivity contribution >= 4 is 28.1 Å². The molecule has 1 amide bonds. The number of likely N-dealkylation sites (tertiary alicyclic amines) is 1. The Balaban J connectivity index is 1.27. The highest BCUT2D eigenvalue weighted by Gasteiger charge is 2.26. The van der Waals surface area contributed by atoms with Gasteiger partial charge in [-0.05, 0) is 24.6 Å². The summed E-state index contributed by atoms with van der Waals surface area (Å²) in [5, 5.41) is 2.96. The van der Waals surface area contributed by atoms with Crippen LogP contribution in [0.25, 0.3) is 10.9 Å². The number of thiazole rings is 1. The number of hydrogen-bond acceptors (Lipinski definition) is 5. The monoisotopic (exact) mass is 397 g/mol. The van der Waals surface area contributed by atoms with E-state index in [2.05, 4.69) is 33.9 Å². The van der Waals surface area contributed by atoms with Crippen molar-refractivity contribution in [1.29, 1.82) is 0 Å². The summed E-state index contributed by atoms with van der Waals surface area (Å²) < 4.78 is 14.2. The quantitative estimate of drug-likeness (QED) is 0.673. The van der Waals surface area contributed by atoms with Gasteiger partial charge in [0.2, 0.25) is 0 Å². The molecule has 1 aromatic carbocycles. The van der Waals surface area contributed by atoms with E-state index in [4.69, 9.17) is 9.47 Å². The van der Waals surface area contributed by atoms with Crippen molar-refractivity contribution in [3.8, 4) is 5.75 Å². The van der Waals surface area contributed by atoms with Gasteiger partial charge >= 0.3 is 0 Å². The maximum absolute atomic E-state index is 12.4. The predicted octanol–water partition coefficient (Wildman–Crippen LogP) is 3.74. The van der Waals surface area contributed by atoms with Crippen LogP contribution in [0.15, 0.2) is 41.4 Å². The maximum atomic E-state index is 12.4. The van der Waals surface area contributed by atoms with Crippen LogP contribution in [-0.2, 0) is 4.74 Å². The third kappa shape index (κ3) is 3.29. The van der Waals surface area contributed by atoms with E-state index in [9.17, 15) is 4.79 Å². The van der Waals surface area contributed by atoms with Crippen LogP contribution in [0.2, 0.25) is 0 Å². The number of carbonyl (C=O) groups excluding carboxylic acids is 1. The highest BCUT2D eigenvalue weighted by atomic mass is 32.1. The second kappa shape index (κ2) is 7.56. The Hall–Kier alpha value is -2.38. The number of hydrogen-bond donors (Lipinski definition) is 0. The summed E-state index contributed by atoms with van der Waals surface area (Å²) in [5.74, 6) is 0.956. The standard InChI is InChI=1S/C21H23N3O3S/c25-21(18-13-28-14-22-18)23-8-4-16(5-9-23)27-20-3-1-2-19-17(20)6-10-24(19)15-7-11-26-12-15/h1-3,6,10,13-16H,4-5,7-9,11-12H2. The lowest BCUT2D eigenvalue weighted by Gasteiger charge is -2.32. The molecule has 2 aliphatic heterocycles. The molecule has 2 fully saturated rings. The van der Waals surface area contributed by atoms with E-state index in [0.717, 1.165) is 43.6 Å². The highest BCUT2D eigenvalue weighted by Crippen LogP contribution is 2.32. The summed E-state index contributed by atoms with van der Waals surface area (Å²) in [5.41, 5.74) is 3.45. The second-order valence-corrected chi connectivity index (χ2v) is 8.13. The van der Waals surface area contributed by atoms with Gasteiger partial charge < -0.3 is 18.9 Å². The van der Waals surface area contributed by atoms with Gasteiger partial charge in [0.15, 0.2) is 0 Å².